The third kappa shape index (κ3) is 5.09. The smallest absolute Gasteiger partial charge is 0.239 e. The summed E-state index contributed by atoms with van der Waals surface area (Å²) in [5, 5.41) is 5.51. The summed E-state index contributed by atoms with van der Waals surface area (Å²) in [5.74, 6) is -0.412. The molecule has 0 aromatic carbocycles. The highest BCUT2D eigenvalue weighted by Gasteiger charge is 2.35. The predicted octanol–water partition coefficient (Wildman–Crippen LogP) is -0.352. The SMILES string of the molecule is Cl.Cl.NCC(=O)NCC(=O)NC1CCN2CCCCC12. The number of carbonyl (C=O) groups is 2. The van der Waals surface area contributed by atoms with E-state index in [2.05, 4.69) is 15.5 Å². The largest absolute Gasteiger partial charge is 0.350 e. The molecule has 2 atom stereocenters. The predicted molar refractivity (Wildman–Crippen MR) is 82.3 cm³/mol. The van der Waals surface area contributed by atoms with Gasteiger partial charge >= 0.3 is 0 Å². The Morgan fingerprint density at radius 3 is 2.55 bits per heavy atom. The van der Waals surface area contributed by atoms with Crippen LogP contribution in [0.3, 0.4) is 0 Å². The monoisotopic (exact) mass is 326 g/mol. The van der Waals surface area contributed by atoms with E-state index in [1.54, 1.807) is 0 Å². The number of hydrogen-bond acceptors (Lipinski definition) is 4. The number of hydrogen-bond donors (Lipinski definition) is 3. The topological polar surface area (TPSA) is 87.5 Å². The van der Waals surface area contributed by atoms with Crippen LogP contribution < -0.4 is 16.4 Å². The Balaban J connectivity index is 0.00000180. The number of fused-ring (bicyclic) bond motifs is 1. The highest BCUT2D eigenvalue weighted by molar-refractivity contribution is 5.86. The van der Waals surface area contributed by atoms with E-state index in [-0.39, 0.29) is 55.8 Å². The van der Waals surface area contributed by atoms with Gasteiger partial charge in [0.1, 0.15) is 0 Å². The van der Waals surface area contributed by atoms with E-state index in [1.807, 2.05) is 0 Å². The van der Waals surface area contributed by atoms with E-state index in [4.69, 9.17) is 5.73 Å². The highest BCUT2D eigenvalue weighted by Crippen LogP contribution is 2.26. The van der Waals surface area contributed by atoms with Gasteiger partial charge in [-0.25, -0.2) is 0 Å². The molecule has 2 heterocycles. The minimum absolute atomic E-state index is 0. The third-order valence-electron chi connectivity index (χ3n) is 3.83. The van der Waals surface area contributed by atoms with Crippen molar-refractivity contribution < 1.29 is 9.59 Å². The second-order valence-corrected chi connectivity index (χ2v) is 5.04. The van der Waals surface area contributed by atoms with Gasteiger partial charge in [0.25, 0.3) is 0 Å². The van der Waals surface area contributed by atoms with Crippen LogP contribution in [0.5, 0.6) is 0 Å². The molecule has 20 heavy (non-hydrogen) atoms. The molecule has 4 N–H and O–H groups in total. The lowest BCUT2D eigenvalue weighted by Gasteiger charge is -2.32. The molecule has 2 amide bonds. The number of nitrogens with zero attached hydrogens (tertiary/aromatic N) is 1. The third-order valence-corrected chi connectivity index (χ3v) is 3.83. The van der Waals surface area contributed by atoms with E-state index in [9.17, 15) is 9.59 Å². The molecule has 2 unspecified atom stereocenters. The van der Waals surface area contributed by atoms with Crippen molar-refractivity contribution in [3.8, 4) is 0 Å². The molecule has 0 radical (unpaired) electrons. The molecule has 2 saturated heterocycles. The zero-order chi connectivity index (χ0) is 13.0. The summed E-state index contributed by atoms with van der Waals surface area (Å²) in [7, 11) is 0. The second kappa shape index (κ2) is 9.39. The van der Waals surface area contributed by atoms with Crippen molar-refractivity contribution in [1.82, 2.24) is 15.5 Å². The number of nitrogens with one attached hydrogen (secondary N) is 2. The van der Waals surface area contributed by atoms with Crippen LogP contribution in [0.2, 0.25) is 0 Å². The Labute approximate surface area is 132 Å². The van der Waals surface area contributed by atoms with Gasteiger partial charge in [0, 0.05) is 18.6 Å². The molecule has 0 aromatic heterocycles. The summed E-state index contributed by atoms with van der Waals surface area (Å²) in [5.41, 5.74) is 5.16. The molecule has 0 bridgehead atoms. The molecule has 0 spiro atoms. The maximum atomic E-state index is 11.7. The molecule has 2 rings (SSSR count). The Hall–Kier alpha value is -0.560. The number of carbonyl (C=O) groups excluding carboxylic acids is 2. The van der Waals surface area contributed by atoms with Gasteiger partial charge in [-0.2, -0.15) is 0 Å². The standard InChI is InChI=1S/C12H22N4O2.2ClH/c13-7-11(17)14-8-12(18)15-9-4-6-16-5-2-1-3-10(9)16;;/h9-10H,1-8,13H2,(H,14,17)(H,15,18);2*1H. The second-order valence-electron chi connectivity index (χ2n) is 5.04. The molecule has 2 fully saturated rings. The van der Waals surface area contributed by atoms with E-state index in [1.165, 1.54) is 19.3 Å². The first-order valence-electron chi connectivity index (χ1n) is 6.71. The van der Waals surface area contributed by atoms with Gasteiger partial charge in [0.2, 0.25) is 11.8 Å². The average Bonchev–Trinajstić information content (AvgIpc) is 2.79. The van der Waals surface area contributed by atoms with Crippen molar-refractivity contribution in [2.45, 2.75) is 37.8 Å². The van der Waals surface area contributed by atoms with Crippen molar-refractivity contribution in [2.24, 2.45) is 5.73 Å². The molecule has 8 heteroatoms. The first kappa shape index (κ1) is 19.4. The average molecular weight is 327 g/mol. The van der Waals surface area contributed by atoms with Gasteiger partial charge in [-0.1, -0.05) is 6.42 Å². The van der Waals surface area contributed by atoms with Gasteiger partial charge in [0.05, 0.1) is 13.1 Å². The summed E-state index contributed by atoms with van der Waals surface area (Å²) >= 11 is 0. The fraction of sp³-hybridized carbons (Fsp3) is 0.833. The quantitative estimate of drug-likeness (QED) is 0.659. The number of amides is 2. The van der Waals surface area contributed by atoms with E-state index >= 15 is 0 Å². The summed E-state index contributed by atoms with van der Waals surface area (Å²) in [6.07, 6.45) is 4.70. The molecule has 0 saturated carbocycles. The van der Waals surface area contributed by atoms with E-state index in [0.29, 0.717) is 6.04 Å². The first-order valence-corrected chi connectivity index (χ1v) is 6.71. The molecule has 0 aliphatic carbocycles. The zero-order valence-electron chi connectivity index (χ0n) is 11.5. The highest BCUT2D eigenvalue weighted by atomic mass is 35.5. The Morgan fingerprint density at radius 2 is 1.85 bits per heavy atom. The molecular weight excluding hydrogens is 303 g/mol. The summed E-state index contributed by atoms with van der Waals surface area (Å²) in [6, 6.07) is 0.737. The fourth-order valence-corrected chi connectivity index (χ4v) is 2.92. The van der Waals surface area contributed by atoms with Gasteiger partial charge < -0.3 is 16.4 Å². The molecule has 118 valence electrons. The van der Waals surface area contributed by atoms with Crippen LogP contribution in [0, 0.1) is 0 Å². The van der Waals surface area contributed by atoms with Crippen molar-refractivity contribution in [3.63, 3.8) is 0 Å². The van der Waals surface area contributed by atoms with Gasteiger partial charge in [0.15, 0.2) is 0 Å². The lowest BCUT2D eigenvalue weighted by molar-refractivity contribution is -0.125. The van der Waals surface area contributed by atoms with Crippen LogP contribution in [0.4, 0.5) is 0 Å². The molecule has 2 aliphatic rings. The summed E-state index contributed by atoms with van der Waals surface area (Å²) in [4.78, 5) is 25.1. The molecule has 2 aliphatic heterocycles. The minimum Gasteiger partial charge on any atom is -0.350 e. The number of rotatable bonds is 4. The van der Waals surface area contributed by atoms with Crippen molar-refractivity contribution in [2.75, 3.05) is 26.2 Å². The maximum Gasteiger partial charge on any atom is 0.239 e. The lowest BCUT2D eigenvalue weighted by Crippen LogP contribution is -2.49. The van der Waals surface area contributed by atoms with Crippen LogP contribution in [-0.2, 0) is 9.59 Å². The molecule has 0 aromatic rings. The number of piperidine rings is 1. The Morgan fingerprint density at radius 1 is 1.10 bits per heavy atom. The minimum atomic E-state index is -0.295. The molecular formula is C12H24Cl2N4O2. The van der Waals surface area contributed by atoms with Gasteiger partial charge in [-0.05, 0) is 25.8 Å². The van der Waals surface area contributed by atoms with Crippen molar-refractivity contribution >= 4 is 36.6 Å². The van der Waals surface area contributed by atoms with Crippen LogP contribution in [0.15, 0.2) is 0 Å². The van der Waals surface area contributed by atoms with Gasteiger partial charge in [-0.15, -0.1) is 24.8 Å². The fourth-order valence-electron chi connectivity index (χ4n) is 2.92. The lowest BCUT2D eigenvalue weighted by atomic mass is 9.99. The van der Waals surface area contributed by atoms with Gasteiger partial charge in [-0.3, -0.25) is 14.5 Å². The van der Waals surface area contributed by atoms with E-state index < -0.39 is 0 Å². The molecule has 6 nitrogen and oxygen atoms in total. The summed E-state index contributed by atoms with van der Waals surface area (Å²) in [6.45, 7) is 2.18. The van der Waals surface area contributed by atoms with Crippen LogP contribution in [0.1, 0.15) is 25.7 Å². The van der Waals surface area contributed by atoms with Crippen molar-refractivity contribution in [1.29, 1.82) is 0 Å². The first-order chi connectivity index (χ1) is 8.70. The Bertz CT molecular complexity index is 331. The normalized spacial score (nSPS) is 24.9. The number of halogens is 2. The maximum absolute atomic E-state index is 11.7. The van der Waals surface area contributed by atoms with Crippen LogP contribution in [-0.4, -0.2) is 55.0 Å². The van der Waals surface area contributed by atoms with Crippen molar-refractivity contribution in [3.05, 3.63) is 0 Å². The summed E-state index contributed by atoms with van der Waals surface area (Å²) < 4.78 is 0. The van der Waals surface area contributed by atoms with Crippen LogP contribution >= 0.6 is 24.8 Å². The number of nitrogens with two attached hydrogens (primary N) is 1. The van der Waals surface area contributed by atoms with E-state index in [0.717, 1.165) is 19.5 Å². The zero-order valence-corrected chi connectivity index (χ0v) is 13.1. The van der Waals surface area contributed by atoms with Crippen LogP contribution in [0.25, 0.3) is 0 Å². The Kier molecular flexibility index (Phi) is 9.13.